The predicted molar refractivity (Wildman–Crippen MR) is 60.4 cm³/mol. The molecule has 0 saturated heterocycles. The molecule has 100 valence electrons. The lowest BCUT2D eigenvalue weighted by Gasteiger charge is -2.26. The van der Waals surface area contributed by atoms with Crippen molar-refractivity contribution in [2.75, 3.05) is 20.8 Å². The van der Waals surface area contributed by atoms with Crippen molar-refractivity contribution in [1.29, 1.82) is 0 Å². The molecule has 0 aromatic rings. The summed E-state index contributed by atoms with van der Waals surface area (Å²) in [6.07, 6.45) is 2.50. The van der Waals surface area contributed by atoms with Gasteiger partial charge >= 0.3 is 17.9 Å². The van der Waals surface area contributed by atoms with Crippen molar-refractivity contribution in [2.24, 2.45) is 5.41 Å². The molecule has 1 rings (SSSR count). The van der Waals surface area contributed by atoms with E-state index in [-0.39, 0.29) is 13.0 Å². The Morgan fingerprint density at radius 1 is 1.22 bits per heavy atom. The molecular weight excluding hydrogens is 240 g/mol. The Kier molecular flexibility index (Phi) is 4.47. The molecule has 0 amide bonds. The highest BCUT2D eigenvalue weighted by molar-refractivity contribution is 6.04. The highest BCUT2D eigenvalue weighted by Crippen LogP contribution is 2.41. The Morgan fingerprint density at radius 2 is 1.78 bits per heavy atom. The number of rotatable bonds is 4. The van der Waals surface area contributed by atoms with Gasteiger partial charge in [-0.1, -0.05) is 6.08 Å². The minimum Gasteiger partial charge on any atom is -0.468 e. The average molecular weight is 256 g/mol. The van der Waals surface area contributed by atoms with Crippen molar-refractivity contribution in [3.05, 3.63) is 11.6 Å². The van der Waals surface area contributed by atoms with Crippen LogP contribution in [-0.2, 0) is 28.6 Å². The van der Waals surface area contributed by atoms with Crippen molar-refractivity contribution in [3.8, 4) is 0 Å². The monoisotopic (exact) mass is 256 g/mol. The fraction of sp³-hybridized carbons (Fsp3) is 0.583. The number of hydrogen-bond acceptors (Lipinski definition) is 6. The van der Waals surface area contributed by atoms with Gasteiger partial charge in [-0.15, -0.1) is 0 Å². The zero-order valence-electron chi connectivity index (χ0n) is 10.6. The van der Waals surface area contributed by atoms with Gasteiger partial charge in [0, 0.05) is 6.92 Å². The summed E-state index contributed by atoms with van der Waals surface area (Å²) in [6.45, 7) is 1.15. The molecule has 0 fully saturated rings. The molecule has 0 saturated carbocycles. The molecule has 0 spiro atoms. The van der Waals surface area contributed by atoms with Gasteiger partial charge in [0.2, 0.25) is 0 Å². The molecule has 0 aromatic carbocycles. The summed E-state index contributed by atoms with van der Waals surface area (Å²) in [5, 5.41) is 0. The lowest BCUT2D eigenvalue weighted by Crippen LogP contribution is -2.42. The summed E-state index contributed by atoms with van der Waals surface area (Å²) in [6, 6.07) is 0. The van der Waals surface area contributed by atoms with Crippen LogP contribution in [0.2, 0.25) is 0 Å². The zero-order valence-corrected chi connectivity index (χ0v) is 10.6. The molecule has 0 aromatic heterocycles. The molecule has 0 aliphatic heterocycles. The van der Waals surface area contributed by atoms with Crippen LogP contribution in [-0.4, -0.2) is 38.7 Å². The van der Waals surface area contributed by atoms with Crippen LogP contribution in [0.15, 0.2) is 11.6 Å². The molecule has 0 unspecified atom stereocenters. The van der Waals surface area contributed by atoms with Crippen molar-refractivity contribution < 1.29 is 28.6 Å². The van der Waals surface area contributed by atoms with Crippen LogP contribution >= 0.6 is 0 Å². The third-order valence-corrected chi connectivity index (χ3v) is 2.96. The number of ether oxygens (including phenoxy) is 3. The van der Waals surface area contributed by atoms with E-state index in [9.17, 15) is 14.4 Å². The molecule has 0 radical (unpaired) electrons. The molecular formula is C12H16O6. The first kappa shape index (κ1) is 14.2. The number of carbonyl (C=O) groups is 3. The summed E-state index contributed by atoms with van der Waals surface area (Å²) in [7, 11) is 2.41. The van der Waals surface area contributed by atoms with Gasteiger partial charge < -0.3 is 14.2 Å². The zero-order chi connectivity index (χ0) is 13.8. The smallest absolute Gasteiger partial charge is 0.327 e. The standard InChI is InChI=1S/C12H16O6/c1-8(13)18-7-9-5-4-6-12(9,10(14)16-2)11(15)17-3/h5H,4,6-7H2,1-3H3. The molecule has 6 nitrogen and oxygen atoms in total. The first-order valence-electron chi connectivity index (χ1n) is 5.48. The number of methoxy groups -OCH3 is 2. The normalized spacial score (nSPS) is 16.7. The van der Waals surface area contributed by atoms with E-state index >= 15 is 0 Å². The quantitative estimate of drug-likeness (QED) is 0.317. The Morgan fingerprint density at radius 3 is 2.22 bits per heavy atom. The molecule has 18 heavy (non-hydrogen) atoms. The highest BCUT2D eigenvalue weighted by atomic mass is 16.5. The van der Waals surface area contributed by atoms with Crippen molar-refractivity contribution in [2.45, 2.75) is 19.8 Å². The largest absolute Gasteiger partial charge is 0.468 e. The van der Waals surface area contributed by atoms with Gasteiger partial charge in [0.15, 0.2) is 5.41 Å². The van der Waals surface area contributed by atoms with Crippen LogP contribution in [0, 0.1) is 5.41 Å². The van der Waals surface area contributed by atoms with Crippen molar-refractivity contribution >= 4 is 17.9 Å². The lowest BCUT2D eigenvalue weighted by atomic mass is 9.81. The number of hydrogen-bond donors (Lipinski definition) is 0. The van der Waals surface area contributed by atoms with E-state index in [1.54, 1.807) is 6.08 Å². The molecule has 1 aliphatic rings. The number of carbonyl (C=O) groups excluding carboxylic acids is 3. The first-order chi connectivity index (χ1) is 8.48. The van der Waals surface area contributed by atoms with Gasteiger partial charge in [-0.05, 0) is 18.4 Å². The van der Waals surface area contributed by atoms with Crippen LogP contribution < -0.4 is 0 Å². The van der Waals surface area contributed by atoms with Crippen LogP contribution in [0.5, 0.6) is 0 Å². The average Bonchev–Trinajstić information content (AvgIpc) is 2.79. The molecule has 1 aliphatic carbocycles. The van der Waals surface area contributed by atoms with Crippen LogP contribution in [0.3, 0.4) is 0 Å². The van der Waals surface area contributed by atoms with E-state index in [0.717, 1.165) is 0 Å². The fourth-order valence-corrected chi connectivity index (χ4v) is 2.06. The maximum Gasteiger partial charge on any atom is 0.327 e. The summed E-state index contributed by atoms with van der Waals surface area (Å²) < 4.78 is 14.2. The Bertz CT molecular complexity index is 379. The van der Waals surface area contributed by atoms with Crippen LogP contribution in [0.4, 0.5) is 0 Å². The van der Waals surface area contributed by atoms with E-state index < -0.39 is 23.3 Å². The van der Waals surface area contributed by atoms with Crippen molar-refractivity contribution in [1.82, 2.24) is 0 Å². The summed E-state index contributed by atoms with van der Waals surface area (Å²) >= 11 is 0. The van der Waals surface area contributed by atoms with E-state index in [2.05, 4.69) is 9.47 Å². The third-order valence-electron chi connectivity index (χ3n) is 2.96. The third kappa shape index (κ3) is 2.37. The Hall–Kier alpha value is -1.85. The number of allylic oxidation sites excluding steroid dienone is 1. The second-order valence-corrected chi connectivity index (χ2v) is 3.94. The van der Waals surface area contributed by atoms with Gasteiger partial charge in [0.05, 0.1) is 14.2 Å². The van der Waals surface area contributed by atoms with Gasteiger partial charge in [0.25, 0.3) is 0 Å². The molecule has 0 heterocycles. The minimum absolute atomic E-state index is 0.112. The molecule has 0 bridgehead atoms. The van der Waals surface area contributed by atoms with Gasteiger partial charge in [-0.25, -0.2) is 0 Å². The van der Waals surface area contributed by atoms with Crippen molar-refractivity contribution in [3.63, 3.8) is 0 Å². The molecule has 0 N–H and O–H groups in total. The topological polar surface area (TPSA) is 78.9 Å². The van der Waals surface area contributed by atoms with E-state index in [0.29, 0.717) is 12.0 Å². The fourth-order valence-electron chi connectivity index (χ4n) is 2.06. The second-order valence-electron chi connectivity index (χ2n) is 3.94. The second kappa shape index (κ2) is 5.66. The lowest BCUT2D eigenvalue weighted by molar-refractivity contribution is -0.167. The summed E-state index contributed by atoms with van der Waals surface area (Å²) in [5.41, 5.74) is -1.06. The van der Waals surface area contributed by atoms with Gasteiger partial charge in [-0.3, -0.25) is 14.4 Å². The Balaban J connectivity index is 3.03. The van der Waals surface area contributed by atoms with Crippen LogP contribution in [0.25, 0.3) is 0 Å². The minimum atomic E-state index is -1.47. The maximum absolute atomic E-state index is 11.9. The molecule has 0 atom stereocenters. The number of esters is 3. The maximum atomic E-state index is 11.9. The summed E-state index contributed by atoms with van der Waals surface area (Å²) in [5.74, 6) is -1.86. The van der Waals surface area contributed by atoms with Gasteiger partial charge in [-0.2, -0.15) is 0 Å². The van der Waals surface area contributed by atoms with Crippen LogP contribution in [0.1, 0.15) is 19.8 Å². The van der Waals surface area contributed by atoms with Gasteiger partial charge in [0.1, 0.15) is 6.61 Å². The van der Waals surface area contributed by atoms with E-state index in [1.807, 2.05) is 0 Å². The summed E-state index contributed by atoms with van der Waals surface area (Å²) in [4.78, 5) is 34.6. The molecule has 6 heteroatoms. The highest BCUT2D eigenvalue weighted by Gasteiger charge is 2.53. The predicted octanol–water partition coefficient (Wildman–Crippen LogP) is 0.602. The van der Waals surface area contributed by atoms with E-state index in [4.69, 9.17) is 4.74 Å². The Labute approximate surface area is 105 Å². The SMILES string of the molecule is COC(=O)C1(C(=O)OC)CCC=C1COC(C)=O. The van der Waals surface area contributed by atoms with E-state index in [1.165, 1.54) is 21.1 Å². The first-order valence-corrected chi connectivity index (χ1v) is 5.48.